The van der Waals surface area contributed by atoms with Gasteiger partial charge in [-0.05, 0) is 66.3 Å². The van der Waals surface area contributed by atoms with E-state index in [0.29, 0.717) is 30.2 Å². The molecular weight excluding hydrogens is 538 g/mol. The maximum atomic E-state index is 14.1. The van der Waals surface area contributed by atoms with Crippen molar-refractivity contribution >= 4 is 17.6 Å². The maximum absolute atomic E-state index is 14.1. The molecular formula is C31H33ClF2N2O4. The molecule has 4 atom stereocenters. The molecule has 1 aliphatic heterocycles. The van der Waals surface area contributed by atoms with Gasteiger partial charge in [-0.3, -0.25) is 4.90 Å². The van der Waals surface area contributed by atoms with Gasteiger partial charge in [0, 0.05) is 49.7 Å². The fraction of sp³-hybridized carbons (Fsp3) is 0.387. The lowest BCUT2D eigenvalue weighted by Gasteiger charge is -2.20. The summed E-state index contributed by atoms with van der Waals surface area (Å²) in [5.74, 6) is -0.284. The topological polar surface area (TPSA) is 60.0 Å². The lowest BCUT2D eigenvalue weighted by atomic mass is 10.1. The van der Waals surface area contributed by atoms with E-state index in [0.717, 1.165) is 55.0 Å². The van der Waals surface area contributed by atoms with Crippen molar-refractivity contribution in [3.05, 3.63) is 94.5 Å². The SMILES string of the molecule is CCOC(=O)[C@H](Cc1ccc(OCCN[C@H]2C3CN(Cc4ccc(Cl)cc4)C[C@@H]32)cc1)Oc1cc(F)ccc1F. The van der Waals surface area contributed by atoms with Crippen molar-refractivity contribution in [2.75, 3.05) is 32.8 Å². The Morgan fingerprint density at radius 3 is 2.42 bits per heavy atom. The van der Waals surface area contributed by atoms with E-state index >= 15 is 0 Å². The van der Waals surface area contributed by atoms with Gasteiger partial charge < -0.3 is 19.5 Å². The molecule has 0 aromatic heterocycles. The number of nitrogens with one attached hydrogen (secondary N) is 1. The summed E-state index contributed by atoms with van der Waals surface area (Å²) in [6.07, 6.45) is -0.983. The maximum Gasteiger partial charge on any atom is 0.347 e. The highest BCUT2D eigenvalue weighted by Gasteiger charge is 2.55. The van der Waals surface area contributed by atoms with E-state index in [1.807, 2.05) is 36.4 Å². The summed E-state index contributed by atoms with van der Waals surface area (Å²) in [4.78, 5) is 14.9. The summed E-state index contributed by atoms with van der Waals surface area (Å²) < 4.78 is 44.1. The van der Waals surface area contributed by atoms with Crippen LogP contribution in [0.25, 0.3) is 0 Å². The number of carbonyl (C=O) groups excluding carboxylic acids is 1. The van der Waals surface area contributed by atoms with Gasteiger partial charge in [0.1, 0.15) is 18.2 Å². The Labute approximate surface area is 238 Å². The number of halogens is 3. The van der Waals surface area contributed by atoms with Crippen molar-refractivity contribution in [2.45, 2.75) is 32.0 Å². The molecule has 40 heavy (non-hydrogen) atoms. The van der Waals surface area contributed by atoms with Crippen LogP contribution in [0.3, 0.4) is 0 Å². The Hall–Kier alpha value is -3.20. The third kappa shape index (κ3) is 7.30. The standard InChI is InChI=1S/C31H33ClF2N2O4/c1-2-38-31(37)29(40-28-16-23(33)9-12-27(28)34)15-20-5-10-24(11-6-20)39-14-13-35-30-25-18-36(19-26(25)30)17-21-3-7-22(32)8-4-21/h3-12,16,25-26,29-30,35H,2,13-15,17-19H2,1H3/t25-,26?,29-,30+/m0/s1. The number of hydrogen-bond donors (Lipinski definition) is 1. The molecule has 2 fully saturated rings. The summed E-state index contributed by atoms with van der Waals surface area (Å²) in [7, 11) is 0. The molecule has 1 aliphatic carbocycles. The molecule has 1 saturated heterocycles. The number of esters is 1. The molecule has 1 N–H and O–H groups in total. The molecule has 9 heteroatoms. The minimum Gasteiger partial charge on any atom is -0.492 e. The molecule has 6 nitrogen and oxygen atoms in total. The molecule has 3 aromatic carbocycles. The number of likely N-dealkylation sites (tertiary alicyclic amines) is 1. The van der Waals surface area contributed by atoms with Gasteiger partial charge in [-0.15, -0.1) is 0 Å². The van der Waals surface area contributed by atoms with Crippen LogP contribution in [0.4, 0.5) is 8.78 Å². The molecule has 0 radical (unpaired) electrons. The van der Waals surface area contributed by atoms with Gasteiger partial charge in [0.2, 0.25) is 0 Å². The molecule has 0 spiro atoms. The van der Waals surface area contributed by atoms with Crippen LogP contribution < -0.4 is 14.8 Å². The second-order valence-electron chi connectivity index (χ2n) is 10.3. The van der Waals surface area contributed by atoms with Gasteiger partial charge in [-0.25, -0.2) is 13.6 Å². The highest BCUT2D eigenvalue weighted by atomic mass is 35.5. The average molecular weight is 571 g/mol. The van der Waals surface area contributed by atoms with Crippen LogP contribution >= 0.6 is 11.6 Å². The van der Waals surface area contributed by atoms with Gasteiger partial charge in [-0.2, -0.15) is 0 Å². The second kappa shape index (κ2) is 13.0. The smallest absolute Gasteiger partial charge is 0.347 e. The number of nitrogens with zero attached hydrogens (tertiary/aromatic N) is 1. The molecule has 2 aliphatic rings. The first-order valence-electron chi connectivity index (χ1n) is 13.6. The monoisotopic (exact) mass is 570 g/mol. The van der Waals surface area contributed by atoms with Crippen LogP contribution in [-0.2, 0) is 22.5 Å². The van der Waals surface area contributed by atoms with Crippen molar-refractivity contribution in [3.8, 4) is 11.5 Å². The Balaban J connectivity index is 1.04. The van der Waals surface area contributed by atoms with E-state index in [2.05, 4.69) is 22.3 Å². The van der Waals surface area contributed by atoms with Crippen LogP contribution in [0.5, 0.6) is 11.5 Å². The predicted octanol–water partition coefficient (Wildman–Crippen LogP) is 5.27. The summed E-state index contributed by atoms with van der Waals surface area (Å²) in [5, 5.41) is 4.39. The van der Waals surface area contributed by atoms with Crippen LogP contribution in [0, 0.1) is 23.5 Å². The van der Waals surface area contributed by atoms with E-state index in [-0.39, 0.29) is 18.8 Å². The Bertz CT molecular complexity index is 1280. The first-order valence-corrected chi connectivity index (χ1v) is 14.0. The summed E-state index contributed by atoms with van der Waals surface area (Å²) in [5.41, 5.74) is 2.06. The van der Waals surface area contributed by atoms with Crippen LogP contribution in [0.1, 0.15) is 18.1 Å². The van der Waals surface area contributed by atoms with Crippen LogP contribution in [-0.4, -0.2) is 55.9 Å². The van der Waals surface area contributed by atoms with Gasteiger partial charge in [0.05, 0.1) is 6.61 Å². The first-order chi connectivity index (χ1) is 19.4. The van der Waals surface area contributed by atoms with E-state index in [1.54, 1.807) is 6.92 Å². The zero-order valence-corrected chi connectivity index (χ0v) is 23.1. The number of rotatable bonds is 13. The summed E-state index contributed by atoms with van der Waals surface area (Å²) >= 11 is 5.98. The normalized spacial score (nSPS) is 20.6. The highest BCUT2D eigenvalue weighted by molar-refractivity contribution is 6.30. The van der Waals surface area contributed by atoms with Gasteiger partial charge >= 0.3 is 5.97 Å². The lowest BCUT2D eigenvalue weighted by molar-refractivity contribution is -0.151. The minimum atomic E-state index is -1.12. The Morgan fingerprint density at radius 1 is 1.02 bits per heavy atom. The molecule has 0 bridgehead atoms. The predicted molar refractivity (Wildman–Crippen MR) is 149 cm³/mol. The van der Waals surface area contributed by atoms with Crippen LogP contribution in [0.15, 0.2) is 66.7 Å². The third-order valence-corrected chi connectivity index (χ3v) is 7.65. The van der Waals surface area contributed by atoms with Crippen LogP contribution in [0.2, 0.25) is 5.02 Å². The fourth-order valence-electron chi connectivity index (χ4n) is 5.35. The Morgan fingerprint density at radius 2 is 1.73 bits per heavy atom. The van der Waals surface area contributed by atoms with Gasteiger partial charge in [0.15, 0.2) is 17.7 Å². The zero-order chi connectivity index (χ0) is 28.1. The van der Waals surface area contributed by atoms with Crippen molar-refractivity contribution in [1.82, 2.24) is 10.2 Å². The Kier molecular flexibility index (Phi) is 9.19. The van der Waals surface area contributed by atoms with Crippen molar-refractivity contribution in [1.29, 1.82) is 0 Å². The molecule has 5 rings (SSSR count). The number of carbonyl (C=O) groups is 1. The van der Waals surface area contributed by atoms with Gasteiger partial charge in [-0.1, -0.05) is 35.9 Å². The summed E-state index contributed by atoms with van der Waals surface area (Å²) in [6.45, 7) is 6.29. The highest BCUT2D eigenvalue weighted by Crippen LogP contribution is 2.45. The minimum absolute atomic E-state index is 0.135. The number of fused-ring (bicyclic) bond motifs is 1. The quantitative estimate of drug-likeness (QED) is 0.223. The largest absolute Gasteiger partial charge is 0.492 e. The average Bonchev–Trinajstić information content (AvgIpc) is 3.39. The number of piperidine rings is 1. The fourth-order valence-corrected chi connectivity index (χ4v) is 5.48. The molecule has 1 saturated carbocycles. The lowest BCUT2D eigenvalue weighted by Crippen LogP contribution is -2.33. The van der Waals surface area contributed by atoms with Crippen molar-refractivity contribution in [2.24, 2.45) is 11.8 Å². The van der Waals surface area contributed by atoms with E-state index in [1.165, 1.54) is 5.56 Å². The van der Waals surface area contributed by atoms with Crippen molar-refractivity contribution < 1.29 is 27.8 Å². The number of ether oxygens (including phenoxy) is 3. The van der Waals surface area contributed by atoms with E-state index in [9.17, 15) is 13.6 Å². The van der Waals surface area contributed by atoms with E-state index < -0.39 is 23.7 Å². The zero-order valence-electron chi connectivity index (χ0n) is 22.3. The number of benzene rings is 3. The molecule has 1 unspecified atom stereocenters. The van der Waals surface area contributed by atoms with Crippen molar-refractivity contribution in [3.63, 3.8) is 0 Å². The summed E-state index contributed by atoms with van der Waals surface area (Å²) in [6, 6.07) is 18.8. The number of hydrogen-bond acceptors (Lipinski definition) is 6. The van der Waals surface area contributed by atoms with Gasteiger partial charge in [0.25, 0.3) is 0 Å². The molecule has 3 aromatic rings. The molecule has 212 valence electrons. The molecule has 0 amide bonds. The third-order valence-electron chi connectivity index (χ3n) is 7.40. The van der Waals surface area contributed by atoms with E-state index in [4.69, 9.17) is 25.8 Å². The first kappa shape index (κ1) is 28.3. The second-order valence-corrected chi connectivity index (χ2v) is 10.7. The molecule has 1 heterocycles.